The summed E-state index contributed by atoms with van der Waals surface area (Å²) in [6.07, 6.45) is 0. The van der Waals surface area contributed by atoms with Crippen molar-refractivity contribution in [3.8, 4) is 0 Å². The molecule has 0 aliphatic heterocycles. The monoisotopic (exact) mass is 390 g/mol. The van der Waals surface area contributed by atoms with Gasteiger partial charge in [0.25, 0.3) is 11.6 Å². The SMILES string of the molecule is CCN[C@H](C)CNC(=O)c1ccc(NCc2ccccc2Cl)c([N+](=O)[O-])c1. The van der Waals surface area contributed by atoms with E-state index in [1.54, 1.807) is 12.1 Å². The minimum absolute atomic E-state index is 0.116. The zero-order valence-electron chi connectivity index (χ0n) is 15.3. The van der Waals surface area contributed by atoms with E-state index in [0.29, 0.717) is 23.8 Å². The van der Waals surface area contributed by atoms with Crippen molar-refractivity contribution in [3.05, 3.63) is 68.7 Å². The fraction of sp³-hybridized carbons (Fsp3) is 0.316. The van der Waals surface area contributed by atoms with Crippen molar-refractivity contribution in [2.75, 3.05) is 18.4 Å². The number of nitrogens with zero attached hydrogens (tertiary/aromatic N) is 1. The van der Waals surface area contributed by atoms with E-state index in [2.05, 4.69) is 16.0 Å². The van der Waals surface area contributed by atoms with Crippen LogP contribution >= 0.6 is 11.6 Å². The minimum atomic E-state index is -0.507. The fourth-order valence-electron chi connectivity index (χ4n) is 2.57. The molecule has 7 nitrogen and oxygen atoms in total. The van der Waals surface area contributed by atoms with Gasteiger partial charge in [0.15, 0.2) is 0 Å². The zero-order chi connectivity index (χ0) is 19.8. The minimum Gasteiger partial charge on any atom is -0.375 e. The Morgan fingerprint density at radius 3 is 2.67 bits per heavy atom. The number of rotatable bonds is 9. The van der Waals surface area contributed by atoms with Crippen LogP contribution in [-0.4, -0.2) is 30.0 Å². The number of benzene rings is 2. The van der Waals surface area contributed by atoms with Crippen molar-refractivity contribution in [2.45, 2.75) is 26.4 Å². The summed E-state index contributed by atoms with van der Waals surface area (Å²) < 4.78 is 0. The van der Waals surface area contributed by atoms with Crippen LogP contribution in [0.15, 0.2) is 42.5 Å². The number of anilines is 1. The number of halogens is 1. The summed E-state index contributed by atoms with van der Waals surface area (Å²) in [4.78, 5) is 23.2. The maximum absolute atomic E-state index is 12.3. The van der Waals surface area contributed by atoms with E-state index in [4.69, 9.17) is 11.6 Å². The number of nitro benzene ring substituents is 1. The quantitative estimate of drug-likeness (QED) is 0.449. The Hall–Kier alpha value is -2.64. The van der Waals surface area contributed by atoms with Gasteiger partial charge >= 0.3 is 0 Å². The molecule has 0 radical (unpaired) electrons. The molecule has 1 atom stereocenters. The molecule has 0 heterocycles. The van der Waals surface area contributed by atoms with Gasteiger partial charge in [0, 0.05) is 35.8 Å². The van der Waals surface area contributed by atoms with Gasteiger partial charge in [0.05, 0.1) is 4.92 Å². The summed E-state index contributed by atoms with van der Waals surface area (Å²) in [5.41, 5.74) is 1.24. The summed E-state index contributed by atoms with van der Waals surface area (Å²) in [6.45, 7) is 5.51. The summed E-state index contributed by atoms with van der Waals surface area (Å²) in [7, 11) is 0. The van der Waals surface area contributed by atoms with Gasteiger partial charge in [0.1, 0.15) is 5.69 Å². The Morgan fingerprint density at radius 1 is 1.26 bits per heavy atom. The van der Waals surface area contributed by atoms with Crippen LogP contribution in [-0.2, 0) is 6.54 Å². The van der Waals surface area contributed by atoms with Crippen LogP contribution in [0.25, 0.3) is 0 Å². The van der Waals surface area contributed by atoms with Gasteiger partial charge in [-0.15, -0.1) is 0 Å². The first-order valence-corrected chi connectivity index (χ1v) is 9.07. The van der Waals surface area contributed by atoms with E-state index in [1.165, 1.54) is 12.1 Å². The third-order valence-corrected chi connectivity index (χ3v) is 4.37. The second-order valence-corrected chi connectivity index (χ2v) is 6.51. The molecule has 0 aromatic heterocycles. The van der Waals surface area contributed by atoms with E-state index in [-0.39, 0.29) is 23.2 Å². The van der Waals surface area contributed by atoms with Crippen molar-refractivity contribution >= 4 is 28.9 Å². The Bertz CT molecular complexity index is 813. The normalized spacial score (nSPS) is 11.7. The second-order valence-electron chi connectivity index (χ2n) is 6.10. The number of hydrogen-bond acceptors (Lipinski definition) is 5. The predicted octanol–water partition coefficient (Wildman–Crippen LogP) is 3.59. The molecule has 27 heavy (non-hydrogen) atoms. The topological polar surface area (TPSA) is 96.3 Å². The zero-order valence-corrected chi connectivity index (χ0v) is 16.0. The van der Waals surface area contributed by atoms with Gasteiger partial charge in [-0.25, -0.2) is 0 Å². The number of carbonyl (C=O) groups excluding carboxylic acids is 1. The lowest BCUT2D eigenvalue weighted by molar-refractivity contribution is -0.384. The first-order valence-electron chi connectivity index (χ1n) is 8.69. The first-order chi connectivity index (χ1) is 12.9. The van der Waals surface area contributed by atoms with E-state index >= 15 is 0 Å². The molecule has 2 rings (SSSR count). The number of nitrogens with one attached hydrogen (secondary N) is 3. The smallest absolute Gasteiger partial charge is 0.293 e. The van der Waals surface area contributed by atoms with E-state index in [0.717, 1.165) is 12.1 Å². The van der Waals surface area contributed by atoms with Crippen LogP contribution in [0.1, 0.15) is 29.8 Å². The van der Waals surface area contributed by atoms with E-state index < -0.39 is 4.92 Å². The molecule has 0 unspecified atom stereocenters. The molecule has 2 aromatic rings. The second kappa shape index (κ2) is 9.89. The molecular formula is C19H23ClN4O3. The number of amides is 1. The lowest BCUT2D eigenvalue weighted by Gasteiger charge is -2.14. The van der Waals surface area contributed by atoms with Gasteiger partial charge in [0.2, 0.25) is 0 Å². The molecule has 0 bridgehead atoms. The molecule has 0 saturated heterocycles. The van der Waals surface area contributed by atoms with Gasteiger partial charge in [-0.1, -0.05) is 36.7 Å². The van der Waals surface area contributed by atoms with Crippen LogP contribution in [0.3, 0.4) is 0 Å². The Labute approximate surface area is 163 Å². The molecular weight excluding hydrogens is 368 g/mol. The fourth-order valence-corrected chi connectivity index (χ4v) is 2.78. The maximum atomic E-state index is 12.3. The van der Waals surface area contributed by atoms with Gasteiger partial charge in [-0.3, -0.25) is 14.9 Å². The molecule has 0 aliphatic rings. The number of likely N-dealkylation sites (N-methyl/N-ethyl adjacent to an activating group) is 1. The van der Waals surface area contributed by atoms with Crippen LogP contribution in [0.2, 0.25) is 5.02 Å². The average molecular weight is 391 g/mol. The molecule has 1 amide bonds. The van der Waals surface area contributed by atoms with Crippen LogP contribution in [0, 0.1) is 10.1 Å². The lowest BCUT2D eigenvalue weighted by Crippen LogP contribution is -2.38. The van der Waals surface area contributed by atoms with Crippen LogP contribution in [0.4, 0.5) is 11.4 Å². The average Bonchev–Trinajstić information content (AvgIpc) is 2.65. The van der Waals surface area contributed by atoms with E-state index in [1.807, 2.05) is 32.0 Å². The molecule has 0 aliphatic carbocycles. The van der Waals surface area contributed by atoms with Crippen LogP contribution < -0.4 is 16.0 Å². The highest BCUT2D eigenvalue weighted by Gasteiger charge is 2.18. The summed E-state index contributed by atoms with van der Waals surface area (Å²) in [5, 5.41) is 21.0. The van der Waals surface area contributed by atoms with Gasteiger partial charge in [-0.05, 0) is 37.2 Å². The molecule has 0 saturated carbocycles. The third-order valence-electron chi connectivity index (χ3n) is 4.01. The van der Waals surface area contributed by atoms with Gasteiger partial charge < -0.3 is 16.0 Å². The van der Waals surface area contributed by atoms with Crippen molar-refractivity contribution in [1.82, 2.24) is 10.6 Å². The highest BCUT2D eigenvalue weighted by molar-refractivity contribution is 6.31. The Balaban J connectivity index is 2.10. The molecule has 0 spiro atoms. The summed E-state index contributed by atoms with van der Waals surface area (Å²) in [5.74, 6) is -0.347. The van der Waals surface area contributed by atoms with Crippen molar-refractivity contribution in [3.63, 3.8) is 0 Å². The Morgan fingerprint density at radius 2 is 2.00 bits per heavy atom. The largest absolute Gasteiger partial charge is 0.375 e. The molecule has 3 N–H and O–H groups in total. The van der Waals surface area contributed by atoms with Crippen molar-refractivity contribution in [2.24, 2.45) is 0 Å². The molecule has 8 heteroatoms. The van der Waals surface area contributed by atoms with Crippen molar-refractivity contribution in [1.29, 1.82) is 0 Å². The standard InChI is InChI=1S/C19H23ClN4O3/c1-3-21-13(2)11-23-19(25)14-8-9-17(18(10-14)24(26)27)22-12-15-6-4-5-7-16(15)20/h4-10,13,21-22H,3,11-12H2,1-2H3,(H,23,25)/t13-/m1/s1. The predicted molar refractivity (Wildman–Crippen MR) is 107 cm³/mol. The molecule has 2 aromatic carbocycles. The highest BCUT2D eigenvalue weighted by Crippen LogP contribution is 2.27. The third kappa shape index (κ3) is 5.94. The maximum Gasteiger partial charge on any atom is 0.293 e. The van der Waals surface area contributed by atoms with E-state index in [9.17, 15) is 14.9 Å². The summed E-state index contributed by atoms with van der Waals surface area (Å²) in [6, 6.07) is 11.8. The van der Waals surface area contributed by atoms with Crippen LogP contribution in [0.5, 0.6) is 0 Å². The van der Waals surface area contributed by atoms with Gasteiger partial charge in [-0.2, -0.15) is 0 Å². The highest BCUT2D eigenvalue weighted by atomic mass is 35.5. The number of carbonyl (C=O) groups is 1. The number of nitro groups is 1. The Kier molecular flexibility index (Phi) is 7.57. The first kappa shape index (κ1) is 20.7. The number of hydrogen-bond donors (Lipinski definition) is 3. The van der Waals surface area contributed by atoms with Crippen molar-refractivity contribution < 1.29 is 9.72 Å². The lowest BCUT2D eigenvalue weighted by atomic mass is 10.1. The molecule has 144 valence electrons. The molecule has 0 fully saturated rings. The summed E-state index contributed by atoms with van der Waals surface area (Å²) >= 11 is 6.11.